The van der Waals surface area contributed by atoms with Crippen LogP contribution in [0.5, 0.6) is 0 Å². The Balaban J connectivity index is 2.62. The fraction of sp³-hybridized carbons (Fsp3) is 0.700. The molecule has 0 aromatic rings. The number of hydrogen-bond acceptors (Lipinski definition) is 1. The van der Waals surface area contributed by atoms with Crippen molar-refractivity contribution in [1.29, 1.82) is 0 Å². The first-order chi connectivity index (χ1) is 5.16. The van der Waals surface area contributed by atoms with Crippen LogP contribution in [0.15, 0.2) is 17.1 Å². The normalized spacial score (nSPS) is 19.1. The van der Waals surface area contributed by atoms with Crippen molar-refractivity contribution in [3.63, 3.8) is 0 Å². The summed E-state index contributed by atoms with van der Waals surface area (Å²) in [7, 11) is 1.88. The van der Waals surface area contributed by atoms with Crippen LogP contribution in [0.1, 0.15) is 26.7 Å². The van der Waals surface area contributed by atoms with Crippen molar-refractivity contribution >= 4 is 5.71 Å². The third-order valence-corrected chi connectivity index (χ3v) is 2.23. The molecule has 1 aliphatic carbocycles. The standard InChI is InChI=1S/C10H17N/c1-7(2)8(3)10(11-4)9-5-6-9/h7,9H,3,5-6H2,1-2,4H3/b11-10+. The van der Waals surface area contributed by atoms with Gasteiger partial charge >= 0.3 is 0 Å². The Morgan fingerprint density at radius 3 is 2.27 bits per heavy atom. The molecular weight excluding hydrogens is 134 g/mol. The molecule has 0 atom stereocenters. The minimum Gasteiger partial charge on any atom is -0.293 e. The molecule has 0 spiro atoms. The lowest BCUT2D eigenvalue weighted by molar-refractivity contribution is 0.798. The second kappa shape index (κ2) is 3.21. The van der Waals surface area contributed by atoms with Gasteiger partial charge in [0.05, 0.1) is 0 Å². The van der Waals surface area contributed by atoms with Crippen molar-refractivity contribution < 1.29 is 0 Å². The van der Waals surface area contributed by atoms with Gasteiger partial charge in [-0.3, -0.25) is 4.99 Å². The highest BCUT2D eigenvalue weighted by atomic mass is 14.7. The number of aliphatic imine (C=N–C) groups is 1. The molecule has 0 aromatic heterocycles. The maximum atomic E-state index is 4.29. The van der Waals surface area contributed by atoms with Crippen LogP contribution in [0.25, 0.3) is 0 Å². The Bertz CT molecular complexity index is 185. The van der Waals surface area contributed by atoms with Crippen LogP contribution in [0, 0.1) is 11.8 Å². The molecule has 0 radical (unpaired) electrons. The van der Waals surface area contributed by atoms with Gasteiger partial charge in [0.15, 0.2) is 0 Å². The van der Waals surface area contributed by atoms with Crippen molar-refractivity contribution in [2.24, 2.45) is 16.8 Å². The Morgan fingerprint density at radius 1 is 1.45 bits per heavy atom. The van der Waals surface area contributed by atoms with Gasteiger partial charge in [-0.15, -0.1) is 0 Å². The SMILES string of the molecule is C=C(/C(=N\C)C1CC1)C(C)C. The van der Waals surface area contributed by atoms with Gasteiger partial charge in [-0.25, -0.2) is 0 Å². The van der Waals surface area contributed by atoms with Gasteiger partial charge in [0.1, 0.15) is 0 Å². The van der Waals surface area contributed by atoms with E-state index in [1.807, 2.05) is 7.05 Å². The van der Waals surface area contributed by atoms with Crippen LogP contribution in [0.3, 0.4) is 0 Å². The summed E-state index contributed by atoms with van der Waals surface area (Å²) in [5.41, 5.74) is 2.50. The Kier molecular flexibility index (Phi) is 2.48. The van der Waals surface area contributed by atoms with Crippen molar-refractivity contribution in [3.05, 3.63) is 12.2 Å². The van der Waals surface area contributed by atoms with Crippen molar-refractivity contribution in [2.45, 2.75) is 26.7 Å². The summed E-state index contributed by atoms with van der Waals surface area (Å²) in [6.07, 6.45) is 2.64. The summed E-state index contributed by atoms with van der Waals surface area (Å²) < 4.78 is 0. The van der Waals surface area contributed by atoms with Crippen molar-refractivity contribution in [1.82, 2.24) is 0 Å². The van der Waals surface area contributed by atoms with E-state index in [-0.39, 0.29) is 0 Å². The third kappa shape index (κ3) is 1.92. The Labute approximate surface area is 69.2 Å². The fourth-order valence-corrected chi connectivity index (χ4v) is 1.24. The second-order valence-corrected chi connectivity index (χ2v) is 3.56. The van der Waals surface area contributed by atoms with E-state index < -0.39 is 0 Å². The number of rotatable bonds is 3. The summed E-state index contributed by atoms with van der Waals surface area (Å²) >= 11 is 0. The number of allylic oxidation sites excluding steroid dienone is 1. The van der Waals surface area contributed by atoms with Gasteiger partial charge in [0.2, 0.25) is 0 Å². The largest absolute Gasteiger partial charge is 0.293 e. The molecule has 0 aromatic carbocycles. The zero-order valence-electron chi connectivity index (χ0n) is 7.72. The van der Waals surface area contributed by atoms with Gasteiger partial charge in [0.25, 0.3) is 0 Å². The van der Waals surface area contributed by atoms with E-state index in [9.17, 15) is 0 Å². The molecule has 1 aliphatic rings. The highest BCUT2D eigenvalue weighted by Gasteiger charge is 2.29. The van der Waals surface area contributed by atoms with Crippen LogP contribution in [0.4, 0.5) is 0 Å². The summed E-state index contributed by atoms with van der Waals surface area (Å²) in [4.78, 5) is 4.29. The molecule has 0 heterocycles. The zero-order valence-corrected chi connectivity index (χ0v) is 7.72. The van der Waals surface area contributed by atoms with Gasteiger partial charge in [0, 0.05) is 18.7 Å². The van der Waals surface area contributed by atoms with Crippen molar-refractivity contribution in [2.75, 3.05) is 7.05 Å². The monoisotopic (exact) mass is 151 g/mol. The fourth-order valence-electron chi connectivity index (χ4n) is 1.24. The smallest absolute Gasteiger partial charge is 0.0404 e. The summed E-state index contributed by atoms with van der Waals surface area (Å²) in [6, 6.07) is 0. The van der Waals surface area contributed by atoms with E-state index in [2.05, 4.69) is 25.4 Å². The van der Waals surface area contributed by atoms with Crippen LogP contribution in [0.2, 0.25) is 0 Å². The minimum absolute atomic E-state index is 0.550. The topological polar surface area (TPSA) is 12.4 Å². The Hall–Kier alpha value is -0.590. The molecule has 62 valence electrons. The molecule has 0 N–H and O–H groups in total. The average molecular weight is 151 g/mol. The molecule has 0 saturated heterocycles. The minimum atomic E-state index is 0.550. The molecule has 0 bridgehead atoms. The van der Waals surface area contributed by atoms with Crippen molar-refractivity contribution in [3.8, 4) is 0 Å². The van der Waals surface area contributed by atoms with Gasteiger partial charge in [-0.1, -0.05) is 20.4 Å². The molecule has 1 nitrogen and oxygen atoms in total. The first-order valence-corrected chi connectivity index (χ1v) is 4.32. The lowest BCUT2D eigenvalue weighted by Gasteiger charge is -2.10. The molecule has 1 fully saturated rings. The predicted molar refractivity (Wildman–Crippen MR) is 50.1 cm³/mol. The molecule has 0 unspecified atom stereocenters. The molecule has 1 saturated carbocycles. The maximum absolute atomic E-state index is 4.29. The van der Waals surface area contributed by atoms with Crippen LogP contribution in [-0.2, 0) is 0 Å². The lowest BCUT2D eigenvalue weighted by atomic mass is 9.97. The third-order valence-electron chi connectivity index (χ3n) is 2.23. The van der Waals surface area contributed by atoms with Gasteiger partial charge < -0.3 is 0 Å². The predicted octanol–water partition coefficient (Wildman–Crippen LogP) is 2.68. The van der Waals surface area contributed by atoms with E-state index >= 15 is 0 Å². The summed E-state index contributed by atoms with van der Waals surface area (Å²) in [5, 5.41) is 0. The lowest BCUT2D eigenvalue weighted by Crippen LogP contribution is -2.09. The highest BCUT2D eigenvalue weighted by molar-refractivity contribution is 6.02. The molecule has 11 heavy (non-hydrogen) atoms. The van der Waals surface area contributed by atoms with Crippen LogP contribution in [-0.4, -0.2) is 12.8 Å². The van der Waals surface area contributed by atoms with E-state index in [0.29, 0.717) is 5.92 Å². The van der Waals surface area contributed by atoms with E-state index in [4.69, 9.17) is 0 Å². The molecule has 0 amide bonds. The summed E-state index contributed by atoms with van der Waals surface area (Å²) in [6.45, 7) is 8.41. The van der Waals surface area contributed by atoms with Gasteiger partial charge in [-0.05, 0) is 24.3 Å². The molecule has 1 heteroatoms. The van der Waals surface area contributed by atoms with Crippen LogP contribution >= 0.6 is 0 Å². The maximum Gasteiger partial charge on any atom is 0.0404 e. The zero-order chi connectivity index (χ0) is 8.43. The molecule has 1 rings (SSSR count). The first-order valence-electron chi connectivity index (χ1n) is 4.32. The average Bonchev–Trinajstić information content (AvgIpc) is 2.72. The Morgan fingerprint density at radius 2 is 2.00 bits per heavy atom. The summed E-state index contributed by atoms with van der Waals surface area (Å²) in [5.74, 6) is 1.30. The van der Waals surface area contributed by atoms with E-state index in [1.54, 1.807) is 0 Å². The quantitative estimate of drug-likeness (QED) is 0.550. The highest BCUT2D eigenvalue weighted by Crippen LogP contribution is 2.34. The van der Waals surface area contributed by atoms with Gasteiger partial charge in [-0.2, -0.15) is 0 Å². The van der Waals surface area contributed by atoms with E-state index in [1.165, 1.54) is 24.1 Å². The number of nitrogens with zero attached hydrogens (tertiary/aromatic N) is 1. The first kappa shape index (κ1) is 8.51. The van der Waals surface area contributed by atoms with E-state index in [0.717, 1.165) is 5.92 Å². The second-order valence-electron chi connectivity index (χ2n) is 3.56. The number of hydrogen-bond donors (Lipinski definition) is 0. The molecule has 0 aliphatic heterocycles. The van der Waals surface area contributed by atoms with Crippen LogP contribution < -0.4 is 0 Å². The molecular formula is C10H17N.